The highest BCUT2D eigenvalue weighted by Crippen LogP contribution is 2.31. The summed E-state index contributed by atoms with van der Waals surface area (Å²) in [6.45, 7) is 0. The van der Waals surface area contributed by atoms with Crippen LogP contribution in [0.15, 0.2) is 70.5 Å². The van der Waals surface area contributed by atoms with E-state index in [4.69, 9.17) is 0 Å². The summed E-state index contributed by atoms with van der Waals surface area (Å²) in [7, 11) is -1.90. The van der Waals surface area contributed by atoms with Crippen LogP contribution in [0.2, 0.25) is 0 Å². The molecule has 0 aliphatic heterocycles. The summed E-state index contributed by atoms with van der Waals surface area (Å²) in [4.78, 5) is 24.5. The van der Waals surface area contributed by atoms with Crippen LogP contribution < -0.4 is 5.56 Å². The summed E-state index contributed by atoms with van der Waals surface area (Å²) in [6.07, 6.45) is 2.35. The Kier molecular flexibility index (Phi) is 5.98. The molecule has 0 N–H and O–H groups in total. The van der Waals surface area contributed by atoms with Gasteiger partial charge >= 0.3 is 0 Å². The SMILES string of the molecule is Cn1cc(C(=O)CC(c2ccc(S(C)(=O)=O)cc2)c2cc(F)cc(F)c2)ccc1=O. The summed E-state index contributed by atoms with van der Waals surface area (Å²) < 4.78 is 52.4. The first-order valence-electron chi connectivity index (χ1n) is 9.00. The molecule has 3 rings (SSSR count). The fraction of sp³-hybridized carbons (Fsp3) is 0.182. The highest BCUT2D eigenvalue weighted by Gasteiger charge is 2.22. The highest BCUT2D eigenvalue weighted by atomic mass is 32.2. The first-order chi connectivity index (χ1) is 14.0. The van der Waals surface area contributed by atoms with Crippen molar-refractivity contribution in [3.63, 3.8) is 0 Å². The summed E-state index contributed by atoms with van der Waals surface area (Å²) in [5.74, 6) is -2.60. The Morgan fingerprint density at radius 2 is 1.57 bits per heavy atom. The van der Waals surface area contributed by atoms with Gasteiger partial charge in [-0.3, -0.25) is 9.59 Å². The number of halogens is 2. The van der Waals surface area contributed by atoms with Crippen LogP contribution in [0.25, 0.3) is 0 Å². The molecule has 0 aliphatic carbocycles. The van der Waals surface area contributed by atoms with Crippen LogP contribution in [0.3, 0.4) is 0 Å². The van der Waals surface area contributed by atoms with Crippen molar-refractivity contribution >= 4 is 15.6 Å². The van der Waals surface area contributed by atoms with E-state index in [9.17, 15) is 26.8 Å². The summed E-state index contributed by atoms with van der Waals surface area (Å²) in [5.41, 5.74) is 0.793. The third-order valence-corrected chi connectivity index (χ3v) is 5.92. The molecule has 1 unspecified atom stereocenters. The van der Waals surface area contributed by atoms with Gasteiger partial charge in [0.05, 0.1) is 4.90 Å². The standard InChI is InChI=1S/C22H19F2NO4S/c1-25-13-15(5-8-22(25)27)21(26)12-20(16-9-17(23)11-18(24)10-16)14-3-6-19(7-4-14)30(2,28)29/h3-11,13,20H,12H2,1-2H3. The number of sulfone groups is 1. The molecule has 156 valence electrons. The van der Waals surface area contributed by atoms with Gasteiger partial charge in [0.15, 0.2) is 15.6 Å². The van der Waals surface area contributed by atoms with Gasteiger partial charge in [0.1, 0.15) is 11.6 Å². The Labute approximate surface area is 172 Å². The first kappa shape index (κ1) is 21.6. The largest absolute Gasteiger partial charge is 0.318 e. The van der Waals surface area contributed by atoms with Crippen molar-refractivity contribution in [2.75, 3.05) is 6.26 Å². The number of Topliss-reactive ketones (excluding diaryl/α,β-unsaturated/α-hetero) is 1. The van der Waals surface area contributed by atoms with Gasteiger partial charge in [-0.2, -0.15) is 0 Å². The second-order valence-corrected chi connectivity index (χ2v) is 9.11. The number of ketones is 1. The van der Waals surface area contributed by atoms with Gasteiger partial charge in [-0.25, -0.2) is 17.2 Å². The third kappa shape index (κ3) is 4.88. The van der Waals surface area contributed by atoms with E-state index in [2.05, 4.69) is 0 Å². The third-order valence-electron chi connectivity index (χ3n) is 4.80. The van der Waals surface area contributed by atoms with E-state index in [1.165, 1.54) is 54.2 Å². The van der Waals surface area contributed by atoms with Crippen molar-refractivity contribution in [2.45, 2.75) is 17.2 Å². The lowest BCUT2D eigenvalue weighted by molar-refractivity contribution is 0.0976. The van der Waals surface area contributed by atoms with E-state index in [0.717, 1.165) is 24.5 Å². The van der Waals surface area contributed by atoms with E-state index in [1.54, 1.807) is 0 Å². The van der Waals surface area contributed by atoms with E-state index in [0.29, 0.717) is 5.56 Å². The molecule has 30 heavy (non-hydrogen) atoms. The molecule has 3 aromatic rings. The van der Waals surface area contributed by atoms with Crippen molar-refractivity contribution in [1.82, 2.24) is 4.57 Å². The van der Waals surface area contributed by atoms with Crippen LogP contribution in [0.4, 0.5) is 8.78 Å². The molecule has 0 fully saturated rings. The van der Waals surface area contributed by atoms with Gasteiger partial charge in [0.25, 0.3) is 0 Å². The summed E-state index contributed by atoms with van der Waals surface area (Å²) in [6, 6.07) is 11.5. The average Bonchev–Trinajstić information content (AvgIpc) is 2.66. The molecule has 0 radical (unpaired) electrons. The minimum absolute atomic E-state index is 0.0970. The lowest BCUT2D eigenvalue weighted by Gasteiger charge is -2.18. The van der Waals surface area contributed by atoms with E-state index in [1.807, 2.05) is 0 Å². The molecule has 0 saturated carbocycles. The molecule has 5 nitrogen and oxygen atoms in total. The molecule has 1 atom stereocenters. The number of nitrogens with zero attached hydrogens (tertiary/aromatic N) is 1. The molecule has 0 saturated heterocycles. The van der Waals surface area contributed by atoms with Crippen molar-refractivity contribution in [2.24, 2.45) is 7.05 Å². The van der Waals surface area contributed by atoms with Gasteiger partial charge in [0.2, 0.25) is 5.56 Å². The van der Waals surface area contributed by atoms with Crippen LogP contribution in [-0.4, -0.2) is 25.0 Å². The first-order valence-corrected chi connectivity index (χ1v) is 10.9. The number of carbonyl (C=O) groups excluding carboxylic acids is 1. The maximum Gasteiger partial charge on any atom is 0.250 e. The lowest BCUT2D eigenvalue weighted by atomic mass is 9.86. The predicted octanol–water partition coefficient (Wildman–Crippen LogP) is 3.47. The lowest BCUT2D eigenvalue weighted by Crippen LogP contribution is -2.17. The van der Waals surface area contributed by atoms with Crippen LogP contribution in [-0.2, 0) is 16.9 Å². The van der Waals surface area contributed by atoms with Crippen molar-refractivity contribution in [3.05, 3.63) is 99.5 Å². The molecule has 1 aromatic heterocycles. The minimum Gasteiger partial charge on any atom is -0.318 e. The van der Waals surface area contributed by atoms with Crippen LogP contribution in [0.1, 0.15) is 33.8 Å². The topological polar surface area (TPSA) is 73.2 Å². The van der Waals surface area contributed by atoms with Gasteiger partial charge in [-0.15, -0.1) is 0 Å². The summed E-state index contributed by atoms with van der Waals surface area (Å²) in [5, 5.41) is 0. The zero-order chi connectivity index (χ0) is 22.1. The Hall–Kier alpha value is -3.13. The van der Waals surface area contributed by atoms with Gasteiger partial charge in [-0.1, -0.05) is 12.1 Å². The molecule has 0 amide bonds. The second-order valence-electron chi connectivity index (χ2n) is 7.09. The number of hydrogen-bond acceptors (Lipinski definition) is 4. The normalized spacial score (nSPS) is 12.5. The molecule has 0 aliphatic rings. The number of rotatable bonds is 6. The molecular weight excluding hydrogens is 412 g/mol. The van der Waals surface area contributed by atoms with E-state index < -0.39 is 27.4 Å². The Bertz CT molecular complexity index is 1240. The zero-order valence-corrected chi connectivity index (χ0v) is 17.1. The number of aryl methyl sites for hydroxylation is 1. The Morgan fingerprint density at radius 1 is 0.967 bits per heavy atom. The van der Waals surface area contributed by atoms with Gasteiger partial charge in [0, 0.05) is 49.5 Å². The number of pyridine rings is 1. The van der Waals surface area contributed by atoms with Crippen LogP contribution in [0.5, 0.6) is 0 Å². The molecule has 1 heterocycles. The zero-order valence-electron chi connectivity index (χ0n) is 16.3. The van der Waals surface area contributed by atoms with E-state index in [-0.39, 0.29) is 33.8 Å². The second kappa shape index (κ2) is 8.31. The highest BCUT2D eigenvalue weighted by molar-refractivity contribution is 7.90. The Balaban J connectivity index is 2.04. The maximum absolute atomic E-state index is 13.8. The smallest absolute Gasteiger partial charge is 0.250 e. The van der Waals surface area contributed by atoms with Crippen molar-refractivity contribution in [1.29, 1.82) is 0 Å². The fourth-order valence-electron chi connectivity index (χ4n) is 3.21. The molecule has 0 bridgehead atoms. The van der Waals surface area contributed by atoms with Gasteiger partial charge < -0.3 is 4.57 Å². The predicted molar refractivity (Wildman–Crippen MR) is 108 cm³/mol. The molecule has 8 heteroatoms. The van der Waals surface area contributed by atoms with E-state index >= 15 is 0 Å². The molecule has 2 aromatic carbocycles. The number of hydrogen-bond donors (Lipinski definition) is 0. The van der Waals surface area contributed by atoms with Gasteiger partial charge in [-0.05, 0) is 41.5 Å². The number of aromatic nitrogens is 1. The maximum atomic E-state index is 13.8. The molecule has 0 spiro atoms. The fourth-order valence-corrected chi connectivity index (χ4v) is 3.84. The number of carbonyl (C=O) groups is 1. The van der Waals surface area contributed by atoms with Crippen LogP contribution in [0, 0.1) is 11.6 Å². The van der Waals surface area contributed by atoms with Crippen LogP contribution >= 0.6 is 0 Å². The molecular formula is C22H19F2NO4S. The van der Waals surface area contributed by atoms with Crippen molar-refractivity contribution < 1.29 is 22.0 Å². The summed E-state index contributed by atoms with van der Waals surface area (Å²) >= 11 is 0. The van der Waals surface area contributed by atoms with Crippen molar-refractivity contribution in [3.8, 4) is 0 Å². The quantitative estimate of drug-likeness (QED) is 0.560. The monoisotopic (exact) mass is 431 g/mol. The number of benzene rings is 2. The average molecular weight is 431 g/mol. The minimum atomic E-state index is -3.42. The Morgan fingerprint density at radius 3 is 2.10 bits per heavy atom.